The van der Waals surface area contributed by atoms with Crippen LogP contribution < -0.4 is 0 Å². The number of hydrogen-bond acceptors (Lipinski definition) is 4. The summed E-state index contributed by atoms with van der Waals surface area (Å²) in [6.07, 6.45) is 0.330. The van der Waals surface area contributed by atoms with Crippen LogP contribution in [0.1, 0.15) is 13.3 Å². The van der Waals surface area contributed by atoms with Crippen LogP contribution in [0, 0.1) is 5.92 Å². The van der Waals surface area contributed by atoms with Gasteiger partial charge in [0.05, 0.1) is 12.0 Å². The van der Waals surface area contributed by atoms with Crippen molar-refractivity contribution in [2.24, 2.45) is 5.92 Å². The molecule has 1 aliphatic carbocycles. The Morgan fingerprint density at radius 3 is 2.29 bits per heavy atom. The molecule has 2 rings (SSSR count). The van der Waals surface area contributed by atoms with Crippen molar-refractivity contribution in [2.75, 3.05) is 7.11 Å². The molecule has 5 heteroatoms. The van der Waals surface area contributed by atoms with Crippen molar-refractivity contribution in [3.8, 4) is 0 Å². The number of carbonyl (C=O) groups is 1. The molecule has 0 spiro atoms. The van der Waals surface area contributed by atoms with Gasteiger partial charge in [-0.1, -0.05) is 25.1 Å². The molecule has 1 aromatic carbocycles. The Morgan fingerprint density at radius 1 is 1.35 bits per heavy atom. The van der Waals surface area contributed by atoms with Gasteiger partial charge in [-0.3, -0.25) is 4.79 Å². The van der Waals surface area contributed by atoms with E-state index in [0.717, 1.165) is 0 Å². The molecule has 0 radical (unpaired) electrons. The van der Waals surface area contributed by atoms with Crippen LogP contribution in [0.4, 0.5) is 0 Å². The van der Waals surface area contributed by atoms with E-state index in [-0.39, 0.29) is 10.8 Å². The number of methoxy groups -OCH3 is 1. The van der Waals surface area contributed by atoms with Crippen molar-refractivity contribution < 1.29 is 17.9 Å². The summed E-state index contributed by atoms with van der Waals surface area (Å²) in [7, 11) is -2.44. The van der Waals surface area contributed by atoms with E-state index in [1.54, 1.807) is 25.1 Å². The fourth-order valence-corrected chi connectivity index (χ4v) is 4.39. The lowest BCUT2D eigenvalue weighted by Crippen LogP contribution is -2.35. The standard InChI is InChI=1S/C12H14O4S/c1-9-8-12(9,11(13)16-2)17(14,15)10-6-4-3-5-7-10/h3-7,9H,8H2,1-2H3. The Balaban J connectivity index is 2.50. The molecule has 1 aromatic rings. The molecule has 0 amide bonds. The molecule has 17 heavy (non-hydrogen) atoms. The maximum atomic E-state index is 12.4. The zero-order chi connectivity index (χ0) is 12.7. The molecule has 1 saturated carbocycles. The largest absolute Gasteiger partial charge is 0.468 e. The highest BCUT2D eigenvalue weighted by Crippen LogP contribution is 2.53. The van der Waals surface area contributed by atoms with E-state index in [9.17, 15) is 13.2 Å². The van der Waals surface area contributed by atoms with Gasteiger partial charge in [-0.05, 0) is 24.5 Å². The van der Waals surface area contributed by atoms with E-state index < -0.39 is 20.6 Å². The van der Waals surface area contributed by atoms with Crippen LogP contribution in [-0.4, -0.2) is 26.2 Å². The summed E-state index contributed by atoms with van der Waals surface area (Å²) >= 11 is 0. The molecule has 0 aliphatic heterocycles. The minimum Gasteiger partial charge on any atom is -0.468 e. The second kappa shape index (κ2) is 3.84. The monoisotopic (exact) mass is 254 g/mol. The van der Waals surface area contributed by atoms with Gasteiger partial charge in [0.15, 0.2) is 14.6 Å². The molecular formula is C12H14O4S. The van der Waals surface area contributed by atoms with Crippen LogP contribution in [0.3, 0.4) is 0 Å². The summed E-state index contributed by atoms with van der Waals surface area (Å²) in [4.78, 5) is 11.9. The third-order valence-corrected chi connectivity index (χ3v) is 5.90. The summed E-state index contributed by atoms with van der Waals surface area (Å²) in [5.74, 6) is -0.853. The van der Waals surface area contributed by atoms with Crippen LogP contribution in [0.15, 0.2) is 35.2 Å². The molecule has 1 aliphatic rings. The van der Waals surface area contributed by atoms with Gasteiger partial charge in [-0.25, -0.2) is 8.42 Å². The highest BCUT2D eigenvalue weighted by atomic mass is 32.2. The van der Waals surface area contributed by atoms with Crippen molar-refractivity contribution in [3.05, 3.63) is 30.3 Å². The zero-order valence-corrected chi connectivity index (χ0v) is 10.5. The first-order valence-electron chi connectivity index (χ1n) is 5.35. The van der Waals surface area contributed by atoms with E-state index in [1.165, 1.54) is 19.2 Å². The van der Waals surface area contributed by atoms with Crippen LogP contribution in [0.5, 0.6) is 0 Å². The van der Waals surface area contributed by atoms with Crippen molar-refractivity contribution in [1.29, 1.82) is 0 Å². The molecule has 2 atom stereocenters. The Hall–Kier alpha value is -1.36. The normalized spacial score (nSPS) is 27.5. The highest BCUT2D eigenvalue weighted by Gasteiger charge is 2.68. The molecular weight excluding hydrogens is 240 g/mol. The summed E-state index contributed by atoms with van der Waals surface area (Å²) < 4.78 is 28.1. The molecule has 2 unspecified atom stereocenters. The molecule has 0 aromatic heterocycles. The maximum Gasteiger partial charge on any atom is 0.327 e. The van der Waals surface area contributed by atoms with Crippen molar-refractivity contribution in [1.82, 2.24) is 0 Å². The molecule has 0 heterocycles. The van der Waals surface area contributed by atoms with E-state index >= 15 is 0 Å². The number of carbonyl (C=O) groups excluding carboxylic acids is 1. The van der Waals surface area contributed by atoms with E-state index in [2.05, 4.69) is 4.74 Å². The summed E-state index contributed by atoms with van der Waals surface area (Å²) in [6.45, 7) is 1.75. The number of benzene rings is 1. The van der Waals surface area contributed by atoms with Gasteiger partial charge in [0.25, 0.3) is 0 Å². The van der Waals surface area contributed by atoms with Gasteiger partial charge in [0.1, 0.15) is 0 Å². The highest BCUT2D eigenvalue weighted by molar-refractivity contribution is 7.94. The van der Waals surface area contributed by atoms with Crippen LogP contribution in [-0.2, 0) is 19.4 Å². The van der Waals surface area contributed by atoms with Crippen LogP contribution in [0.2, 0.25) is 0 Å². The summed E-state index contributed by atoms with van der Waals surface area (Å²) in [5, 5.41) is 0. The third-order valence-electron chi connectivity index (χ3n) is 3.31. The SMILES string of the molecule is COC(=O)C1(S(=O)(=O)c2ccccc2)CC1C. The van der Waals surface area contributed by atoms with E-state index in [0.29, 0.717) is 6.42 Å². The molecule has 0 saturated heterocycles. The van der Waals surface area contributed by atoms with Crippen molar-refractivity contribution in [3.63, 3.8) is 0 Å². The minimum atomic E-state index is -3.66. The van der Waals surface area contributed by atoms with Gasteiger partial charge in [-0.15, -0.1) is 0 Å². The Labute approximate surface area is 101 Å². The lowest BCUT2D eigenvalue weighted by Gasteiger charge is -2.15. The molecule has 92 valence electrons. The average molecular weight is 254 g/mol. The number of esters is 1. The lowest BCUT2D eigenvalue weighted by atomic mass is 10.3. The molecule has 1 fully saturated rings. The number of sulfone groups is 1. The summed E-state index contributed by atoms with van der Waals surface area (Å²) in [5.41, 5.74) is 0. The second-order valence-corrected chi connectivity index (χ2v) is 6.51. The van der Waals surface area contributed by atoms with Gasteiger partial charge < -0.3 is 4.74 Å². The Kier molecular flexibility index (Phi) is 2.73. The quantitative estimate of drug-likeness (QED) is 0.765. The first kappa shape index (κ1) is 12.1. The Morgan fingerprint density at radius 2 is 1.88 bits per heavy atom. The minimum absolute atomic E-state index is 0.176. The molecule has 4 nitrogen and oxygen atoms in total. The first-order valence-corrected chi connectivity index (χ1v) is 6.83. The molecule has 0 N–H and O–H groups in total. The van der Waals surface area contributed by atoms with Crippen LogP contribution >= 0.6 is 0 Å². The van der Waals surface area contributed by atoms with Crippen molar-refractivity contribution >= 4 is 15.8 Å². The fourth-order valence-electron chi connectivity index (χ4n) is 2.15. The topological polar surface area (TPSA) is 60.4 Å². The summed E-state index contributed by atoms with van der Waals surface area (Å²) in [6, 6.07) is 8.03. The maximum absolute atomic E-state index is 12.4. The first-order chi connectivity index (χ1) is 7.96. The van der Waals surface area contributed by atoms with Crippen molar-refractivity contribution in [2.45, 2.75) is 23.0 Å². The molecule has 0 bridgehead atoms. The van der Waals surface area contributed by atoms with E-state index in [4.69, 9.17) is 0 Å². The predicted octanol–water partition coefficient (Wildman–Crippen LogP) is 1.41. The predicted molar refractivity (Wildman–Crippen MR) is 62.2 cm³/mol. The van der Waals surface area contributed by atoms with E-state index in [1.807, 2.05) is 0 Å². The van der Waals surface area contributed by atoms with Gasteiger partial charge in [0, 0.05) is 0 Å². The average Bonchev–Trinajstić information content (AvgIpc) is 3.03. The van der Waals surface area contributed by atoms with Gasteiger partial charge in [0.2, 0.25) is 0 Å². The lowest BCUT2D eigenvalue weighted by molar-refractivity contribution is -0.141. The number of hydrogen-bond donors (Lipinski definition) is 0. The van der Waals surface area contributed by atoms with Gasteiger partial charge >= 0.3 is 5.97 Å². The van der Waals surface area contributed by atoms with Gasteiger partial charge in [-0.2, -0.15) is 0 Å². The van der Waals surface area contributed by atoms with Crippen LogP contribution in [0.25, 0.3) is 0 Å². The number of rotatable bonds is 3. The fraction of sp³-hybridized carbons (Fsp3) is 0.417. The Bertz CT molecular complexity index is 535. The number of ether oxygens (including phenoxy) is 1. The second-order valence-electron chi connectivity index (χ2n) is 4.30. The smallest absolute Gasteiger partial charge is 0.327 e. The zero-order valence-electron chi connectivity index (χ0n) is 9.71. The third kappa shape index (κ3) is 1.57.